The van der Waals surface area contributed by atoms with Crippen molar-refractivity contribution in [1.82, 2.24) is 15.2 Å². The summed E-state index contributed by atoms with van der Waals surface area (Å²) in [5.74, 6) is 0.534. The number of hydrogen-bond acceptors (Lipinski definition) is 3. The summed E-state index contributed by atoms with van der Waals surface area (Å²) in [6.07, 6.45) is 6.78. The third-order valence-electron chi connectivity index (χ3n) is 4.61. The van der Waals surface area contributed by atoms with E-state index in [0.29, 0.717) is 19.1 Å². The minimum atomic E-state index is 0.0573. The lowest BCUT2D eigenvalue weighted by atomic mass is 9.92. The molecule has 5 heteroatoms. The Morgan fingerprint density at radius 3 is 3.29 bits per heavy atom. The molecule has 2 aliphatic heterocycles. The normalized spacial score (nSPS) is 24.7. The van der Waals surface area contributed by atoms with Crippen LogP contribution in [-0.4, -0.2) is 48.3 Å². The van der Waals surface area contributed by atoms with Gasteiger partial charge in [0.25, 0.3) is 0 Å². The van der Waals surface area contributed by atoms with Gasteiger partial charge in [-0.25, -0.2) is 4.79 Å². The van der Waals surface area contributed by atoms with E-state index in [1.807, 2.05) is 17.2 Å². The monoisotopic (exact) mass is 289 g/mol. The number of nitrogens with one attached hydrogen (secondary N) is 1. The minimum Gasteiger partial charge on any atom is -0.379 e. The van der Waals surface area contributed by atoms with Gasteiger partial charge < -0.3 is 15.0 Å². The summed E-state index contributed by atoms with van der Waals surface area (Å²) in [6.45, 7) is 5.07. The molecule has 21 heavy (non-hydrogen) atoms. The Kier molecular flexibility index (Phi) is 4.39. The standard InChI is InChI=1S/C16H23N3O2/c1-12-9-17-6-4-13(12)5-7-18-16(20)19-8-2-3-14-10-21-11-15(14)19/h4,6,9,14-15H,2-3,5,7-8,10-11H2,1H3,(H,18,20)/t14-,15+/m0/s1. The molecule has 1 aromatic heterocycles. The van der Waals surface area contributed by atoms with Crippen molar-refractivity contribution in [1.29, 1.82) is 0 Å². The van der Waals surface area contributed by atoms with Crippen molar-refractivity contribution < 1.29 is 9.53 Å². The fourth-order valence-corrected chi connectivity index (χ4v) is 3.34. The van der Waals surface area contributed by atoms with E-state index in [1.165, 1.54) is 17.5 Å². The molecular weight excluding hydrogens is 266 g/mol. The number of fused-ring (bicyclic) bond motifs is 1. The van der Waals surface area contributed by atoms with Crippen molar-refractivity contribution in [3.8, 4) is 0 Å². The van der Waals surface area contributed by atoms with Crippen molar-refractivity contribution in [2.75, 3.05) is 26.3 Å². The average Bonchev–Trinajstić information content (AvgIpc) is 2.97. The van der Waals surface area contributed by atoms with Gasteiger partial charge in [0.15, 0.2) is 0 Å². The molecule has 2 atom stereocenters. The highest BCUT2D eigenvalue weighted by molar-refractivity contribution is 5.74. The number of amides is 2. The molecule has 2 aliphatic rings. The lowest BCUT2D eigenvalue weighted by molar-refractivity contribution is 0.130. The number of urea groups is 1. The lowest BCUT2D eigenvalue weighted by Gasteiger charge is -2.36. The smallest absolute Gasteiger partial charge is 0.317 e. The highest BCUT2D eigenvalue weighted by Crippen LogP contribution is 2.28. The van der Waals surface area contributed by atoms with E-state index < -0.39 is 0 Å². The van der Waals surface area contributed by atoms with Gasteiger partial charge >= 0.3 is 6.03 Å². The number of pyridine rings is 1. The van der Waals surface area contributed by atoms with Gasteiger partial charge in [-0.2, -0.15) is 0 Å². The maximum absolute atomic E-state index is 12.4. The number of hydrogen-bond donors (Lipinski definition) is 1. The molecule has 0 saturated carbocycles. The predicted molar refractivity (Wildman–Crippen MR) is 80.1 cm³/mol. The van der Waals surface area contributed by atoms with Gasteiger partial charge in [0, 0.05) is 31.4 Å². The number of ether oxygens (including phenoxy) is 1. The van der Waals surface area contributed by atoms with Crippen LogP contribution in [0.15, 0.2) is 18.5 Å². The van der Waals surface area contributed by atoms with Crippen molar-refractivity contribution in [3.05, 3.63) is 29.6 Å². The summed E-state index contributed by atoms with van der Waals surface area (Å²) in [7, 11) is 0. The van der Waals surface area contributed by atoms with Gasteiger partial charge in [-0.1, -0.05) is 0 Å². The highest BCUT2D eigenvalue weighted by Gasteiger charge is 2.38. The van der Waals surface area contributed by atoms with Crippen LogP contribution in [0.5, 0.6) is 0 Å². The Balaban J connectivity index is 1.51. The number of nitrogens with zero attached hydrogens (tertiary/aromatic N) is 2. The number of aromatic nitrogens is 1. The van der Waals surface area contributed by atoms with Crippen LogP contribution >= 0.6 is 0 Å². The predicted octanol–water partition coefficient (Wildman–Crippen LogP) is 1.75. The topological polar surface area (TPSA) is 54.5 Å². The Bertz CT molecular complexity index is 506. The molecule has 5 nitrogen and oxygen atoms in total. The van der Waals surface area contributed by atoms with Crippen LogP contribution in [0.2, 0.25) is 0 Å². The fourth-order valence-electron chi connectivity index (χ4n) is 3.34. The summed E-state index contributed by atoms with van der Waals surface area (Å²) in [6, 6.07) is 2.35. The number of carbonyl (C=O) groups excluding carboxylic acids is 1. The summed E-state index contributed by atoms with van der Waals surface area (Å²) >= 11 is 0. The largest absolute Gasteiger partial charge is 0.379 e. The maximum Gasteiger partial charge on any atom is 0.317 e. The molecule has 0 aromatic carbocycles. The third-order valence-corrected chi connectivity index (χ3v) is 4.61. The SMILES string of the molecule is Cc1cnccc1CCNC(=O)N1CCC[C@H]2COC[C@H]21. The Morgan fingerprint density at radius 1 is 1.52 bits per heavy atom. The zero-order valence-corrected chi connectivity index (χ0v) is 12.5. The lowest BCUT2D eigenvalue weighted by Crippen LogP contribution is -2.52. The zero-order valence-electron chi connectivity index (χ0n) is 12.5. The molecule has 0 radical (unpaired) electrons. The molecule has 114 valence electrons. The first kappa shape index (κ1) is 14.3. The summed E-state index contributed by atoms with van der Waals surface area (Å²) < 4.78 is 5.53. The fraction of sp³-hybridized carbons (Fsp3) is 0.625. The van der Waals surface area contributed by atoms with E-state index in [4.69, 9.17) is 4.74 Å². The Hall–Kier alpha value is -1.62. The molecule has 2 fully saturated rings. The zero-order chi connectivity index (χ0) is 14.7. The highest BCUT2D eigenvalue weighted by atomic mass is 16.5. The summed E-state index contributed by atoms with van der Waals surface area (Å²) in [5.41, 5.74) is 2.42. The van der Waals surface area contributed by atoms with Crippen molar-refractivity contribution in [2.24, 2.45) is 5.92 Å². The van der Waals surface area contributed by atoms with Crippen molar-refractivity contribution >= 4 is 6.03 Å². The first-order valence-electron chi connectivity index (χ1n) is 7.77. The van der Waals surface area contributed by atoms with Crippen LogP contribution in [0.25, 0.3) is 0 Å². The van der Waals surface area contributed by atoms with Crippen LogP contribution in [0, 0.1) is 12.8 Å². The number of aryl methyl sites for hydroxylation is 1. The van der Waals surface area contributed by atoms with Gasteiger partial charge in [0.1, 0.15) is 0 Å². The summed E-state index contributed by atoms with van der Waals surface area (Å²) in [5, 5.41) is 3.05. The number of piperidine rings is 1. The second kappa shape index (κ2) is 6.43. The van der Waals surface area contributed by atoms with E-state index in [2.05, 4.69) is 17.2 Å². The maximum atomic E-state index is 12.4. The molecular formula is C16H23N3O2. The van der Waals surface area contributed by atoms with Crippen molar-refractivity contribution in [3.63, 3.8) is 0 Å². The van der Waals surface area contributed by atoms with Gasteiger partial charge in [-0.15, -0.1) is 0 Å². The Labute approximate surface area is 125 Å². The van der Waals surface area contributed by atoms with Crippen LogP contribution in [0.1, 0.15) is 24.0 Å². The molecule has 3 heterocycles. The number of carbonyl (C=O) groups is 1. The number of likely N-dealkylation sites (tertiary alicyclic amines) is 1. The summed E-state index contributed by atoms with van der Waals surface area (Å²) in [4.78, 5) is 18.4. The van der Waals surface area contributed by atoms with Gasteiger partial charge in [-0.3, -0.25) is 4.98 Å². The van der Waals surface area contributed by atoms with Crippen LogP contribution < -0.4 is 5.32 Å². The van der Waals surface area contributed by atoms with E-state index >= 15 is 0 Å². The average molecular weight is 289 g/mol. The van der Waals surface area contributed by atoms with Gasteiger partial charge in [0.05, 0.1) is 19.3 Å². The third kappa shape index (κ3) is 3.18. The number of rotatable bonds is 3. The van der Waals surface area contributed by atoms with E-state index in [-0.39, 0.29) is 12.1 Å². The molecule has 2 saturated heterocycles. The van der Waals surface area contributed by atoms with E-state index in [0.717, 1.165) is 26.0 Å². The van der Waals surface area contributed by atoms with E-state index in [9.17, 15) is 4.79 Å². The molecule has 1 N–H and O–H groups in total. The first-order chi connectivity index (χ1) is 10.3. The molecule has 0 spiro atoms. The van der Waals surface area contributed by atoms with Crippen LogP contribution in [-0.2, 0) is 11.2 Å². The van der Waals surface area contributed by atoms with Crippen molar-refractivity contribution in [2.45, 2.75) is 32.2 Å². The minimum absolute atomic E-state index is 0.0573. The first-order valence-corrected chi connectivity index (χ1v) is 7.77. The molecule has 2 amide bonds. The second-order valence-electron chi connectivity index (χ2n) is 5.98. The van der Waals surface area contributed by atoms with Crippen LogP contribution in [0.4, 0.5) is 4.79 Å². The molecule has 0 unspecified atom stereocenters. The molecule has 0 aliphatic carbocycles. The van der Waals surface area contributed by atoms with Gasteiger partial charge in [-0.05, 0) is 43.4 Å². The molecule has 0 bridgehead atoms. The quantitative estimate of drug-likeness (QED) is 0.922. The molecule has 1 aromatic rings. The second-order valence-corrected chi connectivity index (χ2v) is 5.98. The molecule has 3 rings (SSSR count). The van der Waals surface area contributed by atoms with Crippen LogP contribution in [0.3, 0.4) is 0 Å². The Morgan fingerprint density at radius 2 is 2.43 bits per heavy atom. The van der Waals surface area contributed by atoms with E-state index in [1.54, 1.807) is 6.20 Å². The van der Waals surface area contributed by atoms with Gasteiger partial charge in [0.2, 0.25) is 0 Å².